The first kappa shape index (κ1) is 20.0. The summed E-state index contributed by atoms with van der Waals surface area (Å²) in [4.78, 5) is 62.3. The summed E-state index contributed by atoms with van der Waals surface area (Å²) in [5, 5.41) is 6.55. The number of thioether (sulfide) groups is 2. The Morgan fingerprint density at radius 2 is 1.89 bits per heavy atom. The van der Waals surface area contributed by atoms with E-state index in [1.54, 1.807) is 0 Å². The van der Waals surface area contributed by atoms with Crippen molar-refractivity contribution in [2.75, 3.05) is 11.5 Å². The van der Waals surface area contributed by atoms with Crippen LogP contribution in [0.15, 0.2) is 0 Å². The summed E-state index contributed by atoms with van der Waals surface area (Å²) in [5.74, 6) is -1.17. The molecule has 0 radical (unpaired) electrons. The van der Waals surface area contributed by atoms with Crippen LogP contribution in [0.2, 0.25) is 0 Å². The van der Waals surface area contributed by atoms with Crippen molar-refractivity contribution in [3.05, 3.63) is 0 Å². The van der Waals surface area contributed by atoms with Crippen LogP contribution in [0.4, 0.5) is 4.79 Å². The number of fused-ring (bicyclic) bond motifs is 1. The Kier molecular flexibility index (Phi) is 6.64. The van der Waals surface area contributed by atoms with Crippen molar-refractivity contribution in [2.45, 2.75) is 55.9 Å². The Bertz CT molecular complexity index is 642. The largest absolute Gasteiger partial charge is 0.343 e. The van der Waals surface area contributed by atoms with Gasteiger partial charge >= 0.3 is 12.0 Å². The van der Waals surface area contributed by atoms with E-state index < -0.39 is 17.8 Å². The molecule has 0 spiro atoms. The third-order valence-corrected chi connectivity index (χ3v) is 7.02. The molecule has 3 aliphatic rings. The summed E-state index contributed by atoms with van der Waals surface area (Å²) >= 11 is 2.67. The molecule has 0 aromatic heterocycles. The fraction of sp³-hybridized carbons (Fsp3) is 0.688. The average Bonchev–Trinajstić information content (AvgIpc) is 3.27. The second kappa shape index (κ2) is 8.96. The number of imide groups is 1. The highest BCUT2D eigenvalue weighted by Gasteiger charge is 2.42. The minimum atomic E-state index is -0.783. The Labute approximate surface area is 164 Å². The SMILES string of the molecule is O=C1N[C@H]2[C@H](CS[C@H]2CCCCC(=O)SCC(=O)ON2C(=O)CCC2=O)N1. The van der Waals surface area contributed by atoms with Crippen LogP contribution in [0.5, 0.6) is 0 Å². The summed E-state index contributed by atoms with van der Waals surface area (Å²) in [6, 6.07) is 0.259. The molecular weight excluding hydrogens is 394 g/mol. The molecule has 3 heterocycles. The molecule has 0 unspecified atom stereocenters. The molecule has 0 bridgehead atoms. The lowest BCUT2D eigenvalue weighted by molar-refractivity contribution is -0.195. The molecular formula is C16H21N3O6S2. The Hall–Kier alpha value is -1.75. The first-order valence-corrected chi connectivity index (χ1v) is 10.9. The molecule has 3 saturated heterocycles. The van der Waals surface area contributed by atoms with Gasteiger partial charge in [-0.2, -0.15) is 11.8 Å². The lowest BCUT2D eigenvalue weighted by atomic mass is 10.0. The third-order valence-electron chi connectivity index (χ3n) is 4.61. The van der Waals surface area contributed by atoms with E-state index in [2.05, 4.69) is 10.6 Å². The van der Waals surface area contributed by atoms with E-state index in [1.807, 2.05) is 11.8 Å². The molecule has 3 aliphatic heterocycles. The molecule has 0 aliphatic carbocycles. The van der Waals surface area contributed by atoms with E-state index in [0.717, 1.165) is 30.4 Å². The summed E-state index contributed by atoms with van der Waals surface area (Å²) in [6.45, 7) is 0. The van der Waals surface area contributed by atoms with Gasteiger partial charge in [0.1, 0.15) is 5.75 Å². The van der Waals surface area contributed by atoms with Gasteiger partial charge in [-0.15, -0.1) is 5.06 Å². The number of hydroxylamine groups is 2. The van der Waals surface area contributed by atoms with E-state index in [-0.39, 0.29) is 41.8 Å². The molecule has 0 aromatic rings. The average molecular weight is 415 g/mol. The van der Waals surface area contributed by atoms with Crippen LogP contribution in [0.3, 0.4) is 0 Å². The van der Waals surface area contributed by atoms with Crippen LogP contribution in [0.1, 0.15) is 38.5 Å². The standard InChI is InChI=1S/C16H21N3O6S2/c20-11-5-6-12(21)19(11)25-13(22)8-27-14(23)4-2-1-3-10-15-9(7-26-10)17-16(24)18-15/h9-10,15H,1-8H2,(H2,17,18,24)/t9-,10-,15-/m0/s1. The highest BCUT2D eigenvalue weighted by Crippen LogP contribution is 2.33. The van der Waals surface area contributed by atoms with Crippen molar-refractivity contribution in [3.63, 3.8) is 0 Å². The van der Waals surface area contributed by atoms with Gasteiger partial charge < -0.3 is 15.5 Å². The number of nitrogens with zero attached hydrogens (tertiary/aromatic N) is 1. The van der Waals surface area contributed by atoms with Gasteiger partial charge in [0.2, 0.25) is 0 Å². The van der Waals surface area contributed by atoms with Crippen LogP contribution in [-0.4, -0.2) is 62.8 Å². The second-order valence-electron chi connectivity index (χ2n) is 6.57. The van der Waals surface area contributed by atoms with Crippen molar-refractivity contribution < 1.29 is 28.8 Å². The van der Waals surface area contributed by atoms with Gasteiger partial charge in [0.25, 0.3) is 11.8 Å². The van der Waals surface area contributed by atoms with Crippen LogP contribution in [0.25, 0.3) is 0 Å². The molecule has 3 atom stereocenters. The zero-order valence-corrected chi connectivity index (χ0v) is 16.2. The minimum Gasteiger partial charge on any atom is -0.332 e. The molecule has 27 heavy (non-hydrogen) atoms. The zero-order chi connectivity index (χ0) is 19.4. The van der Waals surface area contributed by atoms with E-state index in [4.69, 9.17) is 4.84 Å². The maximum absolute atomic E-state index is 11.9. The summed E-state index contributed by atoms with van der Waals surface area (Å²) in [7, 11) is 0. The van der Waals surface area contributed by atoms with Crippen LogP contribution in [-0.2, 0) is 24.0 Å². The number of unbranched alkanes of at least 4 members (excludes halogenated alkanes) is 1. The molecule has 3 fully saturated rings. The Morgan fingerprint density at radius 1 is 1.15 bits per heavy atom. The van der Waals surface area contributed by atoms with E-state index in [1.165, 1.54) is 0 Å². The molecule has 2 N–H and O–H groups in total. The van der Waals surface area contributed by atoms with Crippen LogP contribution in [0, 0.1) is 0 Å². The third kappa shape index (κ3) is 5.16. The van der Waals surface area contributed by atoms with Crippen molar-refractivity contribution in [1.29, 1.82) is 0 Å². The number of rotatable bonds is 8. The van der Waals surface area contributed by atoms with Crippen molar-refractivity contribution in [2.24, 2.45) is 0 Å². The van der Waals surface area contributed by atoms with Gasteiger partial charge in [0.05, 0.1) is 12.1 Å². The number of carbonyl (C=O) groups excluding carboxylic acids is 5. The maximum Gasteiger partial charge on any atom is 0.343 e. The first-order valence-electron chi connectivity index (χ1n) is 8.85. The maximum atomic E-state index is 11.9. The number of carbonyl (C=O) groups is 5. The molecule has 9 nitrogen and oxygen atoms in total. The summed E-state index contributed by atoms with van der Waals surface area (Å²) in [5.41, 5.74) is 0. The van der Waals surface area contributed by atoms with Gasteiger partial charge in [0.15, 0.2) is 5.12 Å². The minimum absolute atomic E-state index is 0.0405. The highest BCUT2D eigenvalue weighted by molar-refractivity contribution is 8.14. The topological polar surface area (TPSA) is 122 Å². The molecule has 0 saturated carbocycles. The lowest BCUT2D eigenvalue weighted by Gasteiger charge is -2.16. The molecule has 148 valence electrons. The van der Waals surface area contributed by atoms with Crippen molar-refractivity contribution in [3.8, 4) is 0 Å². The molecule has 4 amide bonds. The molecule has 11 heteroatoms. The first-order chi connectivity index (χ1) is 12.9. The second-order valence-corrected chi connectivity index (χ2v) is 8.88. The van der Waals surface area contributed by atoms with Gasteiger partial charge in [0, 0.05) is 30.3 Å². The quantitative estimate of drug-likeness (QED) is 0.335. The van der Waals surface area contributed by atoms with E-state index >= 15 is 0 Å². The van der Waals surface area contributed by atoms with Gasteiger partial charge in [-0.3, -0.25) is 14.4 Å². The molecule has 3 rings (SSSR count). The summed E-state index contributed by atoms with van der Waals surface area (Å²) in [6.07, 6.45) is 2.92. The normalized spacial score (nSPS) is 26.7. The highest BCUT2D eigenvalue weighted by atomic mass is 32.2. The monoisotopic (exact) mass is 415 g/mol. The predicted octanol–water partition coefficient (Wildman–Crippen LogP) is 0.579. The van der Waals surface area contributed by atoms with E-state index in [0.29, 0.717) is 23.2 Å². The number of hydrogen-bond acceptors (Lipinski definition) is 8. The van der Waals surface area contributed by atoms with Crippen molar-refractivity contribution in [1.82, 2.24) is 15.7 Å². The predicted molar refractivity (Wildman–Crippen MR) is 98.6 cm³/mol. The Balaban J connectivity index is 1.27. The number of nitrogens with one attached hydrogen (secondary N) is 2. The van der Waals surface area contributed by atoms with Gasteiger partial charge in [-0.1, -0.05) is 18.2 Å². The fourth-order valence-corrected chi connectivity index (χ4v) is 5.42. The van der Waals surface area contributed by atoms with Gasteiger partial charge in [-0.05, 0) is 12.8 Å². The van der Waals surface area contributed by atoms with E-state index in [9.17, 15) is 24.0 Å². The zero-order valence-electron chi connectivity index (χ0n) is 14.6. The number of hydrogen-bond donors (Lipinski definition) is 2. The smallest absolute Gasteiger partial charge is 0.332 e. The Morgan fingerprint density at radius 3 is 2.63 bits per heavy atom. The fourth-order valence-electron chi connectivity index (χ4n) is 3.26. The lowest BCUT2D eigenvalue weighted by Crippen LogP contribution is -2.36. The molecule has 0 aromatic carbocycles. The van der Waals surface area contributed by atoms with Crippen molar-refractivity contribution >= 4 is 52.5 Å². The van der Waals surface area contributed by atoms with Crippen LogP contribution < -0.4 is 10.6 Å². The van der Waals surface area contributed by atoms with Gasteiger partial charge in [-0.25, -0.2) is 9.59 Å². The number of urea groups is 1. The summed E-state index contributed by atoms with van der Waals surface area (Å²) < 4.78 is 0. The number of amides is 4. The van der Waals surface area contributed by atoms with Crippen LogP contribution >= 0.6 is 23.5 Å².